The monoisotopic (exact) mass is 812 g/mol. The third-order valence-electron chi connectivity index (χ3n) is 11.3. The molecule has 0 fully saturated rings. The lowest BCUT2D eigenvalue weighted by molar-refractivity contribution is -0.144. The van der Waals surface area contributed by atoms with Crippen molar-refractivity contribution in [3.05, 3.63) is 83.7 Å². The first-order valence-electron chi connectivity index (χ1n) is 21.1. The van der Waals surface area contributed by atoms with E-state index in [9.17, 15) is 14.7 Å². The molecule has 0 bridgehead atoms. The number of aliphatic hydroxyl groups excluding tert-OH is 1. The van der Waals surface area contributed by atoms with Gasteiger partial charge in [0.1, 0.15) is 6.10 Å². The number of aliphatic hydroxyl groups is 1. The van der Waals surface area contributed by atoms with Crippen molar-refractivity contribution in [2.24, 2.45) is 5.92 Å². The molecule has 0 aromatic carbocycles. The Morgan fingerprint density at radius 1 is 0.946 bits per heavy atom. The summed E-state index contributed by atoms with van der Waals surface area (Å²) in [6, 6.07) is 0. The van der Waals surface area contributed by atoms with Crippen LogP contribution in [0.4, 0.5) is 0 Å². The first-order valence-corrected chi connectivity index (χ1v) is 26.2. The summed E-state index contributed by atoms with van der Waals surface area (Å²) in [6.45, 7) is 34.9. The van der Waals surface area contributed by atoms with Gasteiger partial charge in [-0.05, 0) is 101 Å². The summed E-state index contributed by atoms with van der Waals surface area (Å²) in [7, 11) is -4.44. The normalized spacial score (nSPS) is 25.3. The number of rotatable bonds is 12. The Bertz CT molecular complexity index is 1420. The number of allylic oxidation sites excluding steroid dienone is 7. The lowest BCUT2D eigenvalue weighted by Crippen LogP contribution is -2.52. The van der Waals surface area contributed by atoms with Gasteiger partial charge in [0.05, 0.1) is 18.3 Å². The highest BCUT2D eigenvalue weighted by molar-refractivity contribution is 6.77. The molecule has 0 aliphatic carbocycles. The highest BCUT2D eigenvalue weighted by atomic mass is 28.4. The van der Waals surface area contributed by atoms with E-state index in [1.807, 2.05) is 45.9 Å². The maximum Gasteiger partial charge on any atom is 0.330 e. The van der Waals surface area contributed by atoms with Crippen molar-refractivity contribution < 1.29 is 28.3 Å². The van der Waals surface area contributed by atoms with E-state index < -0.39 is 28.8 Å². The summed E-state index contributed by atoms with van der Waals surface area (Å²) in [6.07, 6.45) is 23.5. The average Bonchev–Trinajstić information content (AvgIpc) is 3.05. The fourth-order valence-corrected chi connectivity index (χ4v) is 14.1. The Balaban J connectivity index is 3.54. The van der Waals surface area contributed by atoms with Crippen molar-refractivity contribution in [3.8, 4) is 0 Å². The van der Waals surface area contributed by atoms with Crippen molar-refractivity contribution in [2.75, 3.05) is 0 Å². The number of ether oxygens (including phenoxy) is 1. The molecule has 1 amide bonds. The number of amides is 1. The summed E-state index contributed by atoms with van der Waals surface area (Å²) in [4.78, 5) is 25.2. The molecule has 0 saturated heterocycles. The standard InChI is InChI=1S/C47H81NO6Si2/c1-34(2)31-45(50)48-30-29-39(10)32-40(11)44-33-38(9)23-19-17-21-25-42(49)43(54-56(35(3)4,36(5)6)37(7)8)28-27-41(53-55(15,16)47(12,13)14)24-20-18-22-26-46(51)52-44/h17,19,22-23,26-32,35-37,40-44,49H,18,20-21,24-25,33H2,1-16H3,(H,48,50)/b19-17+,26-22+,28-27+,30-29+,38-23+,39-32+/t40-,41+,42+,43+,44-/m0/s1. The second kappa shape index (κ2) is 24.4. The van der Waals surface area contributed by atoms with Crippen LogP contribution in [0.15, 0.2) is 83.7 Å². The molecule has 5 atom stereocenters. The fourth-order valence-electron chi connectivity index (χ4n) is 7.29. The van der Waals surface area contributed by atoms with Gasteiger partial charge in [-0.3, -0.25) is 4.79 Å². The molecule has 318 valence electrons. The molecule has 0 aromatic rings. The summed E-state index contributed by atoms with van der Waals surface area (Å²) in [5.41, 5.74) is 4.12. The van der Waals surface area contributed by atoms with Crippen LogP contribution in [-0.2, 0) is 23.2 Å². The van der Waals surface area contributed by atoms with Gasteiger partial charge in [-0.1, -0.05) is 128 Å². The van der Waals surface area contributed by atoms with E-state index in [-0.39, 0.29) is 35.0 Å². The zero-order chi connectivity index (χ0) is 42.9. The topological polar surface area (TPSA) is 94.1 Å². The van der Waals surface area contributed by atoms with E-state index in [4.69, 9.17) is 13.6 Å². The van der Waals surface area contributed by atoms with Crippen LogP contribution >= 0.6 is 0 Å². The molecule has 1 rings (SSSR count). The van der Waals surface area contributed by atoms with Crippen LogP contribution in [0.5, 0.6) is 0 Å². The lowest BCUT2D eigenvalue weighted by Gasteiger charge is -2.45. The molecular formula is C47H81NO6Si2. The van der Waals surface area contributed by atoms with Crippen LogP contribution in [0.3, 0.4) is 0 Å². The third kappa shape index (κ3) is 17.9. The van der Waals surface area contributed by atoms with Crippen molar-refractivity contribution in [3.63, 3.8) is 0 Å². The van der Waals surface area contributed by atoms with Crippen molar-refractivity contribution in [1.82, 2.24) is 5.32 Å². The smallest absolute Gasteiger partial charge is 0.330 e. The summed E-state index contributed by atoms with van der Waals surface area (Å²) in [5.74, 6) is -0.608. The third-order valence-corrected chi connectivity index (χ3v) is 21.9. The molecular weight excluding hydrogens is 731 g/mol. The minimum atomic E-state index is -2.31. The quantitative estimate of drug-likeness (QED) is 0.0670. The molecule has 1 aliphatic heterocycles. The van der Waals surface area contributed by atoms with Crippen LogP contribution in [0.1, 0.15) is 135 Å². The SMILES string of the molecule is CC(C)=CC(=O)N/C=C/C(C)=C/[C@H](C)[C@@H]1C/C(C)=C/C=C/CC[C@@H](O)[C@H](O[Si](C(C)C)(C(C)C)C(C)C)/C=C/[C@H](O[Si](C)(C)C(C)(C)C)CCC/C=C/C(=O)O1. The van der Waals surface area contributed by atoms with Crippen molar-refractivity contribution in [1.29, 1.82) is 0 Å². The zero-order valence-corrected chi connectivity index (χ0v) is 40.2. The molecule has 1 heterocycles. The Hall–Kier alpha value is -2.57. The second-order valence-corrected chi connectivity index (χ2v) is 28.8. The number of carbonyl (C=O) groups excluding carboxylic acids is 2. The highest BCUT2D eigenvalue weighted by Crippen LogP contribution is 2.44. The van der Waals surface area contributed by atoms with Gasteiger partial charge in [0.15, 0.2) is 8.32 Å². The summed E-state index contributed by atoms with van der Waals surface area (Å²) >= 11 is 0. The van der Waals surface area contributed by atoms with E-state index >= 15 is 0 Å². The number of nitrogens with one attached hydrogen (secondary N) is 1. The number of hydrogen-bond acceptors (Lipinski definition) is 6. The molecule has 0 unspecified atom stereocenters. The molecule has 2 N–H and O–H groups in total. The maximum absolute atomic E-state index is 13.2. The molecule has 1 aliphatic rings. The van der Waals surface area contributed by atoms with E-state index in [0.29, 0.717) is 42.3 Å². The second-order valence-electron chi connectivity index (χ2n) is 18.6. The van der Waals surface area contributed by atoms with Gasteiger partial charge in [0, 0.05) is 30.7 Å². The van der Waals surface area contributed by atoms with Crippen LogP contribution in [0.25, 0.3) is 0 Å². The first kappa shape index (κ1) is 51.5. The minimum absolute atomic E-state index is 0.0380. The Morgan fingerprint density at radius 2 is 1.57 bits per heavy atom. The summed E-state index contributed by atoms with van der Waals surface area (Å²) in [5, 5.41) is 14.6. The maximum atomic E-state index is 13.2. The molecule has 0 saturated carbocycles. The van der Waals surface area contributed by atoms with Gasteiger partial charge in [-0.15, -0.1) is 0 Å². The number of hydrogen-bond donors (Lipinski definition) is 2. The van der Waals surface area contributed by atoms with E-state index in [0.717, 1.165) is 29.6 Å². The molecule has 0 radical (unpaired) electrons. The number of carbonyl (C=O) groups is 2. The highest BCUT2D eigenvalue weighted by Gasteiger charge is 2.47. The predicted octanol–water partition coefficient (Wildman–Crippen LogP) is 12.4. The Kier molecular flexibility index (Phi) is 22.4. The number of esters is 1. The van der Waals surface area contributed by atoms with Gasteiger partial charge in [-0.2, -0.15) is 0 Å². The molecule has 0 aromatic heterocycles. The molecule has 7 nitrogen and oxygen atoms in total. The Morgan fingerprint density at radius 3 is 2.14 bits per heavy atom. The largest absolute Gasteiger partial charge is 0.458 e. The number of cyclic esters (lactones) is 1. The van der Waals surface area contributed by atoms with Crippen LogP contribution < -0.4 is 5.32 Å². The predicted molar refractivity (Wildman–Crippen MR) is 242 cm³/mol. The van der Waals surface area contributed by atoms with Gasteiger partial charge in [-0.25, -0.2) is 4.79 Å². The van der Waals surface area contributed by atoms with E-state index in [1.165, 1.54) is 0 Å². The van der Waals surface area contributed by atoms with Crippen LogP contribution in [0.2, 0.25) is 34.8 Å². The van der Waals surface area contributed by atoms with E-state index in [2.05, 4.69) is 118 Å². The lowest BCUT2D eigenvalue weighted by atomic mass is 9.95. The van der Waals surface area contributed by atoms with Crippen molar-refractivity contribution >= 4 is 28.5 Å². The summed E-state index contributed by atoms with van der Waals surface area (Å²) < 4.78 is 20.3. The van der Waals surface area contributed by atoms with E-state index in [1.54, 1.807) is 18.4 Å². The molecule has 0 spiro atoms. The van der Waals surface area contributed by atoms with Crippen molar-refractivity contribution in [2.45, 2.75) is 195 Å². The molecule has 9 heteroatoms. The van der Waals surface area contributed by atoms with Crippen LogP contribution in [-0.4, -0.2) is 58.0 Å². The Labute approximate surface area is 345 Å². The van der Waals surface area contributed by atoms with Crippen LogP contribution in [0, 0.1) is 5.92 Å². The van der Waals surface area contributed by atoms with Gasteiger partial charge < -0.3 is 24.0 Å². The molecule has 56 heavy (non-hydrogen) atoms. The van der Waals surface area contributed by atoms with Gasteiger partial charge in [0.2, 0.25) is 14.2 Å². The fraction of sp³-hybridized carbons (Fsp3) is 0.660. The van der Waals surface area contributed by atoms with Gasteiger partial charge in [0.25, 0.3) is 0 Å². The minimum Gasteiger partial charge on any atom is -0.458 e. The zero-order valence-electron chi connectivity index (χ0n) is 38.2. The average molecular weight is 812 g/mol. The van der Waals surface area contributed by atoms with Gasteiger partial charge >= 0.3 is 5.97 Å². The first-order chi connectivity index (χ1) is 25.9.